The van der Waals surface area contributed by atoms with Crippen LogP contribution in [0.3, 0.4) is 0 Å². The van der Waals surface area contributed by atoms with E-state index in [1.807, 2.05) is 30.3 Å². The smallest absolute Gasteiger partial charge is 0.248 e. The highest BCUT2D eigenvalue weighted by atomic mass is 32.2. The van der Waals surface area contributed by atoms with Crippen molar-refractivity contribution in [1.82, 2.24) is 0 Å². The Morgan fingerprint density at radius 3 is 2.30 bits per heavy atom. The van der Waals surface area contributed by atoms with E-state index in [2.05, 4.69) is 11.9 Å². The van der Waals surface area contributed by atoms with Gasteiger partial charge in [0.15, 0.2) is 9.84 Å². The van der Waals surface area contributed by atoms with Gasteiger partial charge in [0.1, 0.15) is 0 Å². The van der Waals surface area contributed by atoms with Gasteiger partial charge < -0.3 is 5.32 Å². The Hall–Kier alpha value is -2.66. The zero-order chi connectivity index (χ0) is 16.7. The van der Waals surface area contributed by atoms with E-state index in [0.29, 0.717) is 5.69 Å². The minimum Gasteiger partial charge on any atom is -0.323 e. The molecule has 2 rings (SSSR count). The van der Waals surface area contributed by atoms with Gasteiger partial charge in [0.2, 0.25) is 5.91 Å². The number of carbonyl (C=O) groups excluding carboxylic acids is 1. The third-order valence-electron chi connectivity index (χ3n) is 3.04. The maximum Gasteiger partial charge on any atom is 0.248 e. The van der Waals surface area contributed by atoms with Crippen molar-refractivity contribution in [3.63, 3.8) is 0 Å². The van der Waals surface area contributed by atoms with Crippen molar-refractivity contribution in [2.24, 2.45) is 0 Å². The number of nitrogens with one attached hydrogen (secondary N) is 1. The molecule has 2 aromatic rings. The number of hydrogen-bond acceptors (Lipinski definition) is 3. The lowest BCUT2D eigenvalue weighted by Gasteiger charge is -2.05. The van der Waals surface area contributed by atoms with Gasteiger partial charge >= 0.3 is 0 Å². The zero-order valence-corrected chi connectivity index (χ0v) is 13.3. The molecule has 0 saturated heterocycles. The third-order valence-corrected chi connectivity index (χ3v) is 4.71. The van der Waals surface area contributed by atoms with E-state index in [1.165, 1.54) is 24.3 Å². The van der Waals surface area contributed by atoms with Gasteiger partial charge in [-0.1, -0.05) is 36.4 Å². The van der Waals surface area contributed by atoms with Gasteiger partial charge in [0.25, 0.3) is 0 Å². The van der Waals surface area contributed by atoms with Gasteiger partial charge in [-0.2, -0.15) is 0 Å². The fourth-order valence-corrected chi connectivity index (χ4v) is 2.97. The van der Waals surface area contributed by atoms with E-state index in [9.17, 15) is 13.2 Å². The quantitative estimate of drug-likeness (QED) is 0.654. The van der Waals surface area contributed by atoms with Crippen molar-refractivity contribution in [1.29, 1.82) is 0 Å². The van der Waals surface area contributed by atoms with Crippen LogP contribution in [0.25, 0.3) is 6.08 Å². The van der Waals surface area contributed by atoms with Crippen molar-refractivity contribution in [3.05, 3.63) is 78.9 Å². The van der Waals surface area contributed by atoms with Gasteiger partial charge in [-0.3, -0.25) is 4.79 Å². The lowest BCUT2D eigenvalue weighted by molar-refractivity contribution is -0.111. The van der Waals surface area contributed by atoms with Gasteiger partial charge in [-0.25, -0.2) is 8.42 Å². The van der Waals surface area contributed by atoms with Crippen LogP contribution >= 0.6 is 0 Å². The van der Waals surface area contributed by atoms with Crippen LogP contribution in [-0.4, -0.2) is 20.1 Å². The lowest BCUT2D eigenvalue weighted by atomic mass is 10.2. The molecule has 4 nitrogen and oxygen atoms in total. The van der Waals surface area contributed by atoms with E-state index in [1.54, 1.807) is 18.2 Å². The molecule has 0 aliphatic rings. The first-order valence-electron chi connectivity index (χ1n) is 6.99. The molecule has 0 spiro atoms. The molecule has 0 aliphatic carbocycles. The average Bonchev–Trinajstić information content (AvgIpc) is 2.54. The standard InChI is InChI=1S/C18H17NO3S/c1-2-14-23(21,22)17-11-9-16(10-12-17)19-18(20)13-8-15-6-4-3-5-7-15/h2-13H,1,14H2,(H,19,20)/b13-8-. The highest BCUT2D eigenvalue weighted by molar-refractivity contribution is 7.91. The van der Waals surface area contributed by atoms with Crippen LogP contribution in [0.4, 0.5) is 5.69 Å². The van der Waals surface area contributed by atoms with Crippen molar-refractivity contribution in [2.75, 3.05) is 11.1 Å². The highest BCUT2D eigenvalue weighted by Gasteiger charge is 2.11. The maximum absolute atomic E-state index is 11.9. The first-order chi connectivity index (χ1) is 11.0. The second-order valence-electron chi connectivity index (χ2n) is 4.83. The summed E-state index contributed by atoms with van der Waals surface area (Å²) in [5.41, 5.74) is 1.46. The molecule has 1 N–H and O–H groups in total. The Balaban J connectivity index is 2.02. The number of hydrogen-bond donors (Lipinski definition) is 1. The Bertz CT molecular complexity index is 807. The summed E-state index contributed by atoms with van der Waals surface area (Å²) in [4.78, 5) is 12.0. The SMILES string of the molecule is C=CCS(=O)(=O)c1ccc(NC(=O)/C=C\c2ccccc2)cc1. The topological polar surface area (TPSA) is 63.2 Å². The molecule has 118 valence electrons. The van der Waals surface area contributed by atoms with Crippen LogP contribution < -0.4 is 5.32 Å². The first-order valence-corrected chi connectivity index (χ1v) is 8.64. The molecule has 23 heavy (non-hydrogen) atoms. The normalized spacial score (nSPS) is 11.3. The van der Waals surface area contributed by atoms with Crippen LogP contribution in [0.2, 0.25) is 0 Å². The minimum absolute atomic E-state index is 0.113. The number of carbonyl (C=O) groups is 1. The summed E-state index contributed by atoms with van der Waals surface area (Å²) in [7, 11) is -3.35. The monoisotopic (exact) mass is 327 g/mol. The van der Waals surface area contributed by atoms with E-state index >= 15 is 0 Å². The number of rotatable bonds is 6. The maximum atomic E-state index is 11.9. The van der Waals surface area contributed by atoms with Crippen LogP contribution in [0.5, 0.6) is 0 Å². The predicted octanol–water partition coefficient (Wildman–Crippen LogP) is 3.30. The summed E-state index contributed by atoms with van der Waals surface area (Å²) in [5.74, 6) is -0.394. The summed E-state index contributed by atoms with van der Waals surface area (Å²) in [6, 6.07) is 15.5. The number of anilines is 1. The van der Waals surface area contributed by atoms with Crippen molar-refractivity contribution in [3.8, 4) is 0 Å². The third kappa shape index (κ3) is 4.93. The molecule has 5 heteroatoms. The number of amides is 1. The number of sulfone groups is 1. The Morgan fingerprint density at radius 1 is 1.04 bits per heavy atom. The van der Waals surface area contributed by atoms with Crippen LogP contribution in [0.15, 0.2) is 78.2 Å². The second kappa shape index (κ2) is 7.56. The summed E-state index contributed by atoms with van der Waals surface area (Å²) in [5, 5.41) is 2.68. The van der Waals surface area contributed by atoms with Crippen LogP contribution in [0.1, 0.15) is 5.56 Å². The Kier molecular flexibility index (Phi) is 5.49. The van der Waals surface area contributed by atoms with Crippen molar-refractivity contribution in [2.45, 2.75) is 4.90 Å². The molecule has 0 fully saturated rings. The van der Waals surface area contributed by atoms with Crippen LogP contribution in [0, 0.1) is 0 Å². The molecule has 2 aromatic carbocycles. The van der Waals surface area contributed by atoms with Gasteiger partial charge in [0.05, 0.1) is 10.6 Å². The van der Waals surface area contributed by atoms with Gasteiger partial charge in [-0.05, 0) is 35.9 Å². The molecule has 0 unspecified atom stereocenters. The molecular weight excluding hydrogens is 310 g/mol. The molecule has 1 amide bonds. The Labute approximate surface area is 136 Å². The van der Waals surface area contributed by atoms with E-state index < -0.39 is 9.84 Å². The largest absolute Gasteiger partial charge is 0.323 e. The molecule has 0 radical (unpaired) electrons. The lowest BCUT2D eigenvalue weighted by Crippen LogP contribution is -2.08. The van der Waals surface area contributed by atoms with E-state index in [0.717, 1.165) is 5.56 Å². The predicted molar refractivity (Wildman–Crippen MR) is 92.8 cm³/mol. The highest BCUT2D eigenvalue weighted by Crippen LogP contribution is 2.15. The number of benzene rings is 2. The fourth-order valence-electron chi connectivity index (χ4n) is 1.92. The fraction of sp³-hybridized carbons (Fsp3) is 0.0556. The first kappa shape index (κ1) is 16.7. The molecule has 0 atom stereocenters. The summed E-state index contributed by atoms with van der Waals surface area (Å²) in [6.07, 6.45) is 4.48. The molecule has 0 heterocycles. The van der Waals surface area contributed by atoms with Gasteiger partial charge in [-0.15, -0.1) is 6.58 Å². The summed E-state index contributed by atoms with van der Waals surface area (Å²) >= 11 is 0. The minimum atomic E-state index is -3.35. The summed E-state index contributed by atoms with van der Waals surface area (Å²) in [6.45, 7) is 3.43. The Morgan fingerprint density at radius 2 is 1.70 bits per heavy atom. The van der Waals surface area contributed by atoms with E-state index in [4.69, 9.17) is 0 Å². The van der Waals surface area contributed by atoms with Crippen molar-refractivity contribution < 1.29 is 13.2 Å². The molecule has 0 aliphatic heterocycles. The zero-order valence-electron chi connectivity index (χ0n) is 12.5. The molecule has 0 aromatic heterocycles. The average molecular weight is 327 g/mol. The van der Waals surface area contributed by atoms with E-state index in [-0.39, 0.29) is 16.6 Å². The molecule has 0 saturated carbocycles. The van der Waals surface area contributed by atoms with Gasteiger partial charge in [0, 0.05) is 11.8 Å². The van der Waals surface area contributed by atoms with Crippen molar-refractivity contribution >= 4 is 27.5 Å². The molecule has 0 bridgehead atoms. The molecular formula is C18H17NO3S. The second-order valence-corrected chi connectivity index (χ2v) is 6.86. The van der Waals surface area contributed by atoms with Crippen LogP contribution in [-0.2, 0) is 14.6 Å². The summed E-state index contributed by atoms with van der Waals surface area (Å²) < 4.78 is 23.7.